The van der Waals surface area contributed by atoms with Crippen LogP contribution in [-0.2, 0) is 14.3 Å². The molecule has 7 heteroatoms. The van der Waals surface area contributed by atoms with Crippen molar-refractivity contribution >= 4 is 11.9 Å². The number of aliphatic carboxylic acids is 1. The van der Waals surface area contributed by atoms with Gasteiger partial charge in [-0.15, -0.1) is 0 Å². The zero-order valence-electron chi connectivity index (χ0n) is 14.6. The van der Waals surface area contributed by atoms with Crippen LogP contribution in [0.1, 0.15) is 37.3 Å². The molecule has 1 N–H and O–H groups in total. The van der Waals surface area contributed by atoms with Crippen molar-refractivity contribution in [2.75, 3.05) is 33.0 Å². The van der Waals surface area contributed by atoms with Crippen LogP contribution in [0.3, 0.4) is 0 Å². The van der Waals surface area contributed by atoms with Crippen LogP contribution in [0.25, 0.3) is 0 Å². The highest BCUT2D eigenvalue weighted by Crippen LogP contribution is 2.40. The number of amides is 1. The molecule has 3 aliphatic rings. The Kier molecular flexibility index (Phi) is 4.48. The molecule has 0 radical (unpaired) electrons. The van der Waals surface area contributed by atoms with E-state index in [0.717, 1.165) is 24.2 Å². The van der Waals surface area contributed by atoms with Crippen molar-refractivity contribution in [3.8, 4) is 11.5 Å². The lowest BCUT2D eigenvalue weighted by Gasteiger charge is -2.30. The summed E-state index contributed by atoms with van der Waals surface area (Å²) in [5.74, 6) is 0.372. The van der Waals surface area contributed by atoms with Crippen molar-refractivity contribution in [2.24, 2.45) is 5.41 Å². The number of carboxylic acid groups (broad SMARTS) is 1. The Morgan fingerprint density at radius 3 is 2.73 bits per heavy atom. The molecule has 140 valence electrons. The summed E-state index contributed by atoms with van der Waals surface area (Å²) in [6.07, 6.45) is 2.14. The second-order valence-electron chi connectivity index (χ2n) is 7.21. The van der Waals surface area contributed by atoms with Gasteiger partial charge in [-0.2, -0.15) is 0 Å². The Hall–Kier alpha value is -2.28. The van der Waals surface area contributed by atoms with Crippen molar-refractivity contribution < 1.29 is 28.9 Å². The summed E-state index contributed by atoms with van der Waals surface area (Å²) in [4.78, 5) is 26.5. The van der Waals surface area contributed by atoms with Gasteiger partial charge in [0.05, 0.1) is 12.6 Å². The van der Waals surface area contributed by atoms with Gasteiger partial charge < -0.3 is 24.2 Å². The van der Waals surface area contributed by atoms with Gasteiger partial charge in [0.1, 0.15) is 18.6 Å². The minimum absolute atomic E-state index is 0.0105. The highest BCUT2D eigenvalue weighted by atomic mass is 16.6. The first kappa shape index (κ1) is 17.1. The van der Waals surface area contributed by atoms with E-state index < -0.39 is 11.4 Å². The fourth-order valence-corrected chi connectivity index (χ4v) is 4.06. The average Bonchev–Trinajstić information content (AvgIpc) is 3.31. The molecule has 26 heavy (non-hydrogen) atoms. The molecule has 2 unspecified atom stereocenters. The van der Waals surface area contributed by atoms with Crippen LogP contribution in [0.5, 0.6) is 11.5 Å². The van der Waals surface area contributed by atoms with E-state index in [1.165, 1.54) is 0 Å². The maximum atomic E-state index is 12.9. The SMILES string of the molecule is O=C(CC1(C(=O)O)CCOC1)N1CCCC1c1ccc2c(c1)OCCO2. The molecule has 7 nitrogen and oxygen atoms in total. The number of hydrogen-bond acceptors (Lipinski definition) is 5. The van der Waals surface area contributed by atoms with Gasteiger partial charge in [0.2, 0.25) is 5.91 Å². The maximum Gasteiger partial charge on any atom is 0.312 e. The van der Waals surface area contributed by atoms with E-state index in [2.05, 4.69) is 0 Å². The largest absolute Gasteiger partial charge is 0.486 e. The van der Waals surface area contributed by atoms with Gasteiger partial charge in [-0.05, 0) is 37.0 Å². The first-order valence-corrected chi connectivity index (χ1v) is 9.09. The van der Waals surface area contributed by atoms with E-state index in [1.807, 2.05) is 23.1 Å². The molecule has 0 aliphatic carbocycles. The highest BCUT2D eigenvalue weighted by molar-refractivity contribution is 5.85. The van der Waals surface area contributed by atoms with Gasteiger partial charge in [-0.25, -0.2) is 0 Å². The summed E-state index contributed by atoms with van der Waals surface area (Å²) in [5.41, 5.74) is -0.0797. The van der Waals surface area contributed by atoms with E-state index in [1.54, 1.807) is 0 Å². The van der Waals surface area contributed by atoms with Crippen LogP contribution in [0.15, 0.2) is 18.2 Å². The van der Waals surface area contributed by atoms with E-state index in [4.69, 9.17) is 14.2 Å². The molecule has 2 fully saturated rings. The number of nitrogens with zero attached hydrogens (tertiary/aromatic N) is 1. The third kappa shape index (κ3) is 3.00. The summed E-state index contributed by atoms with van der Waals surface area (Å²) in [6.45, 7) is 2.21. The minimum Gasteiger partial charge on any atom is -0.486 e. The number of fused-ring (bicyclic) bond motifs is 1. The van der Waals surface area contributed by atoms with Crippen LogP contribution in [0.2, 0.25) is 0 Å². The Bertz CT molecular complexity index is 712. The van der Waals surface area contributed by atoms with Gasteiger partial charge in [-0.1, -0.05) is 6.07 Å². The number of carbonyl (C=O) groups excluding carboxylic acids is 1. The highest BCUT2D eigenvalue weighted by Gasteiger charge is 2.46. The number of carboxylic acids is 1. The number of likely N-dealkylation sites (tertiary alicyclic amines) is 1. The Morgan fingerprint density at radius 1 is 1.19 bits per heavy atom. The molecule has 0 saturated carbocycles. The predicted molar refractivity (Wildman–Crippen MR) is 91.2 cm³/mol. The number of ether oxygens (including phenoxy) is 3. The quantitative estimate of drug-likeness (QED) is 0.883. The summed E-state index contributed by atoms with van der Waals surface area (Å²) >= 11 is 0. The number of carbonyl (C=O) groups is 2. The topological polar surface area (TPSA) is 85.3 Å². The van der Waals surface area contributed by atoms with Crippen LogP contribution < -0.4 is 9.47 Å². The minimum atomic E-state index is -1.09. The van der Waals surface area contributed by atoms with Crippen LogP contribution in [0, 0.1) is 5.41 Å². The van der Waals surface area contributed by atoms with Crippen LogP contribution >= 0.6 is 0 Å². The molecular weight excluding hydrogens is 338 g/mol. The maximum absolute atomic E-state index is 12.9. The molecule has 3 heterocycles. The third-order valence-corrected chi connectivity index (χ3v) is 5.57. The average molecular weight is 361 g/mol. The van der Waals surface area contributed by atoms with E-state index in [-0.39, 0.29) is 25.0 Å². The molecule has 0 aromatic heterocycles. The standard InChI is InChI=1S/C19H23NO6/c21-17(11-19(18(22)23)5-7-24-12-19)20-6-1-2-14(20)13-3-4-15-16(10-13)26-9-8-25-15/h3-4,10,14H,1-2,5-9,11-12H2,(H,22,23). The van der Waals surface area contributed by atoms with Crippen molar-refractivity contribution in [2.45, 2.75) is 31.7 Å². The molecule has 1 aromatic rings. The summed E-state index contributed by atoms with van der Waals surface area (Å²) < 4.78 is 16.5. The Balaban J connectivity index is 1.53. The lowest BCUT2D eigenvalue weighted by Crippen LogP contribution is -2.40. The molecule has 4 rings (SSSR count). The molecule has 2 atom stereocenters. The molecule has 0 bridgehead atoms. The molecule has 1 aromatic carbocycles. The number of benzene rings is 1. The Morgan fingerprint density at radius 2 is 2.00 bits per heavy atom. The lowest BCUT2D eigenvalue weighted by molar-refractivity contribution is -0.154. The van der Waals surface area contributed by atoms with Crippen LogP contribution in [-0.4, -0.2) is 54.9 Å². The first-order valence-electron chi connectivity index (χ1n) is 9.09. The second kappa shape index (κ2) is 6.79. The monoisotopic (exact) mass is 361 g/mol. The van der Waals surface area contributed by atoms with Crippen molar-refractivity contribution in [3.05, 3.63) is 23.8 Å². The van der Waals surface area contributed by atoms with Gasteiger partial charge in [0.25, 0.3) is 0 Å². The van der Waals surface area contributed by atoms with Gasteiger partial charge in [0, 0.05) is 19.6 Å². The summed E-state index contributed by atoms with van der Waals surface area (Å²) in [7, 11) is 0. The second-order valence-corrected chi connectivity index (χ2v) is 7.21. The van der Waals surface area contributed by atoms with Gasteiger partial charge >= 0.3 is 5.97 Å². The first-order chi connectivity index (χ1) is 12.6. The van der Waals surface area contributed by atoms with Crippen molar-refractivity contribution in [3.63, 3.8) is 0 Å². The van der Waals surface area contributed by atoms with Crippen molar-refractivity contribution in [1.29, 1.82) is 0 Å². The van der Waals surface area contributed by atoms with Crippen LogP contribution in [0.4, 0.5) is 0 Å². The van der Waals surface area contributed by atoms with E-state index in [9.17, 15) is 14.7 Å². The van der Waals surface area contributed by atoms with Gasteiger partial charge in [0.15, 0.2) is 11.5 Å². The van der Waals surface area contributed by atoms with E-state index in [0.29, 0.717) is 38.5 Å². The molecular formula is C19H23NO6. The zero-order chi connectivity index (χ0) is 18.1. The molecule has 3 aliphatic heterocycles. The lowest BCUT2D eigenvalue weighted by atomic mass is 9.83. The summed E-state index contributed by atoms with van der Waals surface area (Å²) in [6, 6.07) is 5.74. The fourth-order valence-electron chi connectivity index (χ4n) is 4.06. The Labute approximate surface area is 151 Å². The molecule has 1 amide bonds. The smallest absolute Gasteiger partial charge is 0.312 e. The number of hydrogen-bond donors (Lipinski definition) is 1. The normalized spacial score (nSPS) is 27.5. The molecule has 2 saturated heterocycles. The van der Waals surface area contributed by atoms with Crippen molar-refractivity contribution in [1.82, 2.24) is 4.90 Å². The fraction of sp³-hybridized carbons (Fsp3) is 0.579. The molecule has 0 spiro atoms. The predicted octanol–water partition coefficient (Wildman–Crippen LogP) is 2.00. The van der Waals surface area contributed by atoms with Gasteiger partial charge in [-0.3, -0.25) is 9.59 Å². The van der Waals surface area contributed by atoms with E-state index >= 15 is 0 Å². The zero-order valence-corrected chi connectivity index (χ0v) is 14.6. The summed E-state index contributed by atoms with van der Waals surface area (Å²) in [5, 5.41) is 9.59. The number of rotatable bonds is 4. The third-order valence-electron chi connectivity index (χ3n) is 5.57.